The lowest BCUT2D eigenvalue weighted by molar-refractivity contribution is -0.138. The molecule has 0 spiro atoms. The highest BCUT2D eigenvalue weighted by Crippen LogP contribution is 2.36. The van der Waals surface area contributed by atoms with E-state index in [1.807, 2.05) is 0 Å². The van der Waals surface area contributed by atoms with Gasteiger partial charge < -0.3 is 29.4 Å². The van der Waals surface area contributed by atoms with Gasteiger partial charge in [0.25, 0.3) is 0 Å². The number of benzene rings is 2. The molecule has 2 aromatic carbocycles. The third-order valence-corrected chi connectivity index (χ3v) is 4.89. The minimum atomic E-state index is -1.06. The minimum Gasteiger partial charge on any atom is -0.497 e. The van der Waals surface area contributed by atoms with Crippen LogP contribution in [-0.2, 0) is 9.59 Å². The molecule has 178 valence electrons. The van der Waals surface area contributed by atoms with Gasteiger partial charge in [-0.2, -0.15) is 0 Å². The molecule has 0 bridgehead atoms. The lowest BCUT2D eigenvalue weighted by Gasteiger charge is -2.14. The monoisotopic (exact) mass is 467 g/mol. The number of carbonyl (C=O) groups is 2. The van der Waals surface area contributed by atoms with Crippen LogP contribution in [0.4, 0.5) is 5.82 Å². The Labute approximate surface area is 196 Å². The summed E-state index contributed by atoms with van der Waals surface area (Å²) in [5, 5.41) is 11.5. The van der Waals surface area contributed by atoms with Gasteiger partial charge in [-0.05, 0) is 24.3 Å². The third kappa shape index (κ3) is 5.71. The molecule has 0 saturated carbocycles. The first-order chi connectivity index (χ1) is 16.4. The quantitative estimate of drug-likeness (QED) is 0.459. The summed E-state index contributed by atoms with van der Waals surface area (Å²) in [5.41, 5.74) is 1.68. The number of amides is 1. The molecule has 0 aliphatic heterocycles. The zero-order chi connectivity index (χ0) is 24.7. The number of ether oxygens (including phenoxy) is 4. The van der Waals surface area contributed by atoms with E-state index in [0.717, 1.165) is 0 Å². The molecular weight excluding hydrogens is 442 g/mol. The third-order valence-electron chi connectivity index (χ3n) is 4.89. The summed E-state index contributed by atoms with van der Waals surface area (Å²) < 4.78 is 21.5. The first-order valence-corrected chi connectivity index (χ1v) is 10.2. The van der Waals surface area contributed by atoms with Crippen molar-refractivity contribution in [3.63, 3.8) is 0 Å². The van der Waals surface area contributed by atoms with E-state index in [0.29, 0.717) is 39.8 Å². The van der Waals surface area contributed by atoms with E-state index in [1.165, 1.54) is 14.2 Å². The Morgan fingerprint density at radius 2 is 1.38 bits per heavy atom. The molecule has 0 atom stereocenters. The number of anilines is 1. The number of nitrogens with one attached hydrogen (secondary N) is 1. The summed E-state index contributed by atoms with van der Waals surface area (Å²) >= 11 is 0. The average Bonchev–Trinajstić information content (AvgIpc) is 2.86. The first-order valence-electron chi connectivity index (χ1n) is 10.2. The smallest absolute Gasteiger partial charge is 0.303 e. The zero-order valence-electron chi connectivity index (χ0n) is 19.2. The van der Waals surface area contributed by atoms with Gasteiger partial charge in [-0.15, -0.1) is 0 Å². The molecule has 10 heteroatoms. The molecule has 3 rings (SSSR count). The predicted molar refractivity (Wildman–Crippen MR) is 125 cm³/mol. The number of carboxylic acids is 1. The van der Waals surface area contributed by atoms with Gasteiger partial charge in [0.2, 0.25) is 5.91 Å². The van der Waals surface area contributed by atoms with Crippen molar-refractivity contribution < 1.29 is 33.6 Å². The molecule has 1 heterocycles. The Morgan fingerprint density at radius 1 is 0.794 bits per heavy atom. The van der Waals surface area contributed by atoms with Crippen LogP contribution in [0.15, 0.2) is 42.5 Å². The van der Waals surface area contributed by atoms with E-state index in [4.69, 9.17) is 24.1 Å². The van der Waals surface area contributed by atoms with Crippen molar-refractivity contribution in [1.29, 1.82) is 0 Å². The van der Waals surface area contributed by atoms with Gasteiger partial charge in [0.1, 0.15) is 28.8 Å². The van der Waals surface area contributed by atoms with Crippen LogP contribution in [0.25, 0.3) is 22.6 Å². The summed E-state index contributed by atoms with van der Waals surface area (Å²) in [7, 11) is 6.15. The fourth-order valence-corrected chi connectivity index (χ4v) is 3.19. The first kappa shape index (κ1) is 24.3. The standard InChI is InChI=1S/C24H25N3O7/c1-31-14-5-7-16(19(11-14)33-3)18-13-21(26-22(28)9-10-23(29)30)27-24(25-18)17-8-6-15(32-2)12-20(17)34-4/h5-8,11-13H,9-10H2,1-4H3,(H,29,30)(H,25,26,27,28). The van der Waals surface area contributed by atoms with E-state index < -0.39 is 11.9 Å². The second-order valence-electron chi connectivity index (χ2n) is 7.04. The summed E-state index contributed by atoms with van der Waals surface area (Å²) in [6, 6.07) is 12.0. The molecule has 0 aliphatic carbocycles. The molecule has 0 saturated heterocycles. The second kappa shape index (κ2) is 11.0. The molecule has 10 nitrogen and oxygen atoms in total. The molecule has 3 aromatic rings. The highest BCUT2D eigenvalue weighted by molar-refractivity contribution is 5.92. The van der Waals surface area contributed by atoms with E-state index in [1.54, 1.807) is 56.7 Å². The van der Waals surface area contributed by atoms with Crippen LogP contribution in [0, 0.1) is 0 Å². The highest BCUT2D eigenvalue weighted by Gasteiger charge is 2.17. The molecule has 1 amide bonds. The van der Waals surface area contributed by atoms with E-state index in [-0.39, 0.29) is 24.5 Å². The van der Waals surface area contributed by atoms with Crippen LogP contribution in [0.5, 0.6) is 23.0 Å². The second-order valence-corrected chi connectivity index (χ2v) is 7.04. The van der Waals surface area contributed by atoms with E-state index in [9.17, 15) is 9.59 Å². The molecule has 2 N–H and O–H groups in total. The van der Waals surface area contributed by atoms with Crippen LogP contribution in [0.1, 0.15) is 12.8 Å². The average molecular weight is 467 g/mol. The van der Waals surface area contributed by atoms with Gasteiger partial charge in [0, 0.05) is 30.2 Å². The van der Waals surface area contributed by atoms with Gasteiger partial charge in [-0.25, -0.2) is 9.97 Å². The van der Waals surface area contributed by atoms with E-state index in [2.05, 4.69) is 15.3 Å². The summed E-state index contributed by atoms with van der Waals surface area (Å²) in [6.07, 6.45) is -0.489. The number of carboxylic acid groups (broad SMARTS) is 1. The van der Waals surface area contributed by atoms with Gasteiger partial charge >= 0.3 is 5.97 Å². The topological polar surface area (TPSA) is 129 Å². The summed E-state index contributed by atoms with van der Waals surface area (Å²) in [6.45, 7) is 0. The maximum Gasteiger partial charge on any atom is 0.303 e. The van der Waals surface area contributed by atoms with Crippen molar-refractivity contribution in [1.82, 2.24) is 9.97 Å². The van der Waals surface area contributed by atoms with Crippen LogP contribution in [0.2, 0.25) is 0 Å². The Morgan fingerprint density at radius 3 is 1.94 bits per heavy atom. The largest absolute Gasteiger partial charge is 0.497 e. The van der Waals surface area contributed by atoms with Crippen LogP contribution in [-0.4, -0.2) is 55.4 Å². The van der Waals surface area contributed by atoms with Crippen molar-refractivity contribution in [2.24, 2.45) is 0 Å². The maximum atomic E-state index is 12.3. The van der Waals surface area contributed by atoms with E-state index >= 15 is 0 Å². The van der Waals surface area contributed by atoms with Gasteiger partial charge in [0.15, 0.2) is 5.82 Å². The lowest BCUT2D eigenvalue weighted by atomic mass is 10.1. The normalized spacial score (nSPS) is 10.4. The number of hydrogen-bond donors (Lipinski definition) is 2. The maximum absolute atomic E-state index is 12.3. The Kier molecular flexibility index (Phi) is 7.86. The molecule has 1 aromatic heterocycles. The van der Waals surface area contributed by atoms with Crippen molar-refractivity contribution in [3.8, 4) is 45.6 Å². The van der Waals surface area contributed by atoms with Crippen molar-refractivity contribution >= 4 is 17.7 Å². The minimum absolute atomic E-state index is 0.193. The Balaban J connectivity index is 2.13. The summed E-state index contributed by atoms with van der Waals surface area (Å²) in [4.78, 5) is 32.3. The summed E-state index contributed by atoms with van der Waals surface area (Å²) in [5.74, 6) is 1.11. The van der Waals surface area contributed by atoms with Crippen molar-refractivity contribution in [2.75, 3.05) is 33.8 Å². The van der Waals surface area contributed by atoms with Gasteiger partial charge in [-0.3, -0.25) is 9.59 Å². The molecule has 0 radical (unpaired) electrons. The highest BCUT2D eigenvalue weighted by atomic mass is 16.5. The van der Waals surface area contributed by atoms with Crippen LogP contribution in [0.3, 0.4) is 0 Å². The fourth-order valence-electron chi connectivity index (χ4n) is 3.19. The molecule has 0 aliphatic rings. The molecule has 0 fully saturated rings. The SMILES string of the molecule is COc1ccc(-c2cc(NC(=O)CCC(=O)O)nc(-c3ccc(OC)cc3OC)n2)c(OC)c1. The lowest BCUT2D eigenvalue weighted by Crippen LogP contribution is -2.15. The predicted octanol–water partition coefficient (Wildman–Crippen LogP) is 3.65. The number of aliphatic carboxylic acids is 1. The fraction of sp³-hybridized carbons (Fsp3) is 0.250. The number of hydrogen-bond acceptors (Lipinski definition) is 8. The number of methoxy groups -OCH3 is 4. The Hall–Kier alpha value is -4.34. The zero-order valence-corrected chi connectivity index (χ0v) is 19.2. The number of carbonyl (C=O) groups excluding carboxylic acids is 1. The number of aromatic nitrogens is 2. The van der Waals surface area contributed by atoms with Crippen LogP contribution >= 0.6 is 0 Å². The molecule has 0 unspecified atom stereocenters. The number of rotatable bonds is 10. The van der Waals surface area contributed by atoms with Crippen molar-refractivity contribution in [2.45, 2.75) is 12.8 Å². The van der Waals surface area contributed by atoms with Gasteiger partial charge in [-0.1, -0.05) is 0 Å². The number of nitrogens with zero attached hydrogens (tertiary/aromatic N) is 2. The van der Waals surface area contributed by atoms with Gasteiger partial charge in [0.05, 0.1) is 46.1 Å². The van der Waals surface area contributed by atoms with Crippen molar-refractivity contribution in [3.05, 3.63) is 42.5 Å². The van der Waals surface area contributed by atoms with Crippen LogP contribution < -0.4 is 24.3 Å². The Bertz CT molecular complexity index is 1120. The molecule has 34 heavy (non-hydrogen) atoms. The molecular formula is C24H25N3O7.